The number of anilines is 2. The largest absolute Gasteiger partial charge is 0.478 e. The number of amides is 2. The molecule has 2 aliphatic rings. The second-order valence-electron chi connectivity index (χ2n) is 11.5. The van der Waals surface area contributed by atoms with Crippen molar-refractivity contribution >= 4 is 40.9 Å². The zero-order valence-electron chi connectivity index (χ0n) is 21.8. The van der Waals surface area contributed by atoms with Crippen molar-refractivity contribution < 1.29 is 23.9 Å². The molecule has 0 saturated heterocycles. The maximum absolute atomic E-state index is 15.8. The monoisotopic (exact) mass is 549 g/mol. The minimum atomic E-state index is -1.25. The van der Waals surface area contributed by atoms with E-state index in [1.54, 1.807) is 24.4 Å². The van der Waals surface area contributed by atoms with Gasteiger partial charge in [-0.2, -0.15) is 0 Å². The molecule has 2 aromatic carbocycles. The number of fused-ring (bicyclic) bond motifs is 2. The third-order valence-electron chi connectivity index (χ3n) is 7.85. The smallest absolute Gasteiger partial charge is 0.335 e. The summed E-state index contributed by atoms with van der Waals surface area (Å²) in [5.41, 5.74) is -0.109. The van der Waals surface area contributed by atoms with Crippen molar-refractivity contribution in [2.24, 2.45) is 17.3 Å². The van der Waals surface area contributed by atoms with Crippen molar-refractivity contribution in [1.29, 1.82) is 0 Å². The maximum atomic E-state index is 15.8. The lowest BCUT2D eigenvalue weighted by atomic mass is 9.62. The van der Waals surface area contributed by atoms with Crippen molar-refractivity contribution in [1.82, 2.24) is 4.98 Å². The highest BCUT2D eigenvalue weighted by molar-refractivity contribution is 6.30. The minimum absolute atomic E-state index is 0.0867. The second kappa shape index (κ2) is 9.75. The van der Waals surface area contributed by atoms with Crippen molar-refractivity contribution in [3.05, 3.63) is 88.3 Å². The molecule has 1 fully saturated rings. The Morgan fingerprint density at radius 2 is 1.87 bits per heavy atom. The van der Waals surface area contributed by atoms with Gasteiger partial charge < -0.3 is 15.7 Å². The van der Waals surface area contributed by atoms with Crippen LogP contribution in [0.2, 0.25) is 5.02 Å². The van der Waals surface area contributed by atoms with E-state index in [-0.39, 0.29) is 39.3 Å². The Morgan fingerprint density at radius 1 is 1.15 bits per heavy atom. The molecule has 2 heterocycles. The van der Waals surface area contributed by atoms with Crippen molar-refractivity contribution in [2.45, 2.75) is 44.9 Å². The lowest BCUT2D eigenvalue weighted by Crippen LogP contribution is -2.45. The zero-order chi connectivity index (χ0) is 28.1. The fourth-order valence-corrected chi connectivity index (χ4v) is 6.66. The number of benzene rings is 2. The molecule has 1 saturated carbocycles. The minimum Gasteiger partial charge on any atom is -0.478 e. The number of rotatable bonds is 5. The molecule has 0 unspecified atom stereocenters. The van der Waals surface area contributed by atoms with Gasteiger partial charge in [0.05, 0.1) is 16.0 Å². The first-order valence-electron chi connectivity index (χ1n) is 12.8. The van der Waals surface area contributed by atoms with Gasteiger partial charge in [-0.05, 0) is 66.1 Å². The van der Waals surface area contributed by atoms with E-state index in [1.165, 1.54) is 30.3 Å². The first kappa shape index (κ1) is 26.8. The van der Waals surface area contributed by atoms with Gasteiger partial charge in [-0.25, -0.2) is 14.2 Å². The number of carbonyl (C=O) groups is 3. The van der Waals surface area contributed by atoms with E-state index in [0.29, 0.717) is 29.9 Å². The quantitative estimate of drug-likeness (QED) is 0.348. The number of aromatic carboxylic acids is 1. The van der Waals surface area contributed by atoms with Crippen molar-refractivity contribution in [3.63, 3.8) is 0 Å². The highest BCUT2D eigenvalue weighted by Crippen LogP contribution is 2.63. The van der Waals surface area contributed by atoms with Gasteiger partial charge >= 0.3 is 5.97 Å². The summed E-state index contributed by atoms with van der Waals surface area (Å²) in [6, 6.07) is 14.1. The molecular weight excluding hydrogens is 521 g/mol. The predicted octanol–water partition coefficient (Wildman–Crippen LogP) is 6.26. The molecule has 1 aliphatic heterocycles. The topological polar surface area (TPSA) is 108 Å². The Labute approximate surface area is 230 Å². The molecule has 39 heavy (non-hydrogen) atoms. The Bertz CT molecular complexity index is 1470. The van der Waals surface area contributed by atoms with E-state index in [4.69, 9.17) is 11.6 Å². The normalized spacial score (nSPS) is 23.9. The van der Waals surface area contributed by atoms with E-state index >= 15 is 4.39 Å². The number of hydrogen-bond donors (Lipinski definition) is 3. The van der Waals surface area contributed by atoms with Gasteiger partial charge in [0, 0.05) is 29.3 Å². The molecule has 2 amide bonds. The van der Waals surface area contributed by atoms with Crippen LogP contribution in [0.15, 0.2) is 60.8 Å². The second-order valence-corrected chi connectivity index (χ2v) is 11.9. The summed E-state index contributed by atoms with van der Waals surface area (Å²) in [5, 5.41) is 14.9. The summed E-state index contributed by atoms with van der Waals surface area (Å²) in [6.07, 6.45) is 2.52. The summed E-state index contributed by atoms with van der Waals surface area (Å²) in [6.45, 7) is 6.22. The van der Waals surface area contributed by atoms with Crippen LogP contribution >= 0.6 is 11.6 Å². The van der Waals surface area contributed by atoms with Crippen LogP contribution in [-0.4, -0.2) is 27.9 Å². The van der Waals surface area contributed by atoms with Gasteiger partial charge in [-0.15, -0.1) is 0 Å². The molecule has 0 radical (unpaired) electrons. The molecule has 5 rings (SSSR count). The number of nitrogens with one attached hydrogen (secondary N) is 2. The standard InChI is InChI=1S/C30H29ClFN3O4/c1-29(2,3)15-17-14-20(26(36)34-18-11-9-16(10-12-18)27(37)38)23(19-6-4-8-22(31)24(19)32)30(17)21-7-5-13-33-25(21)35-28(30)39/h4-13,17,20,23H,14-15H2,1-3H3,(H,34,36)(H,37,38)(H,33,35,39)/t17-,20+,23-,30-/m0/s1. The van der Waals surface area contributed by atoms with Crippen LogP contribution in [0.5, 0.6) is 0 Å². The Kier molecular flexibility index (Phi) is 6.71. The van der Waals surface area contributed by atoms with Crippen LogP contribution in [0.25, 0.3) is 0 Å². The number of nitrogens with zero attached hydrogens (tertiary/aromatic N) is 1. The Balaban J connectivity index is 1.67. The highest BCUT2D eigenvalue weighted by atomic mass is 35.5. The first-order valence-corrected chi connectivity index (χ1v) is 13.2. The molecule has 0 bridgehead atoms. The molecular formula is C30H29ClFN3O4. The van der Waals surface area contributed by atoms with E-state index in [0.717, 1.165) is 0 Å². The van der Waals surface area contributed by atoms with E-state index < -0.39 is 29.0 Å². The number of carbonyl (C=O) groups excluding carboxylic acids is 2. The fourth-order valence-electron chi connectivity index (χ4n) is 6.48. The fraction of sp³-hybridized carbons (Fsp3) is 0.333. The summed E-state index contributed by atoms with van der Waals surface area (Å²) in [4.78, 5) is 43.7. The first-order chi connectivity index (χ1) is 18.4. The number of pyridine rings is 1. The van der Waals surface area contributed by atoms with Crippen molar-refractivity contribution in [2.75, 3.05) is 10.6 Å². The number of carboxylic acid groups (broad SMARTS) is 1. The van der Waals surface area contributed by atoms with Crippen LogP contribution in [0, 0.1) is 23.1 Å². The van der Waals surface area contributed by atoms with Gasteiger partial charge in [-0.1, -0.05) is 50.6 Å². The molecule has 3 aromatic rings. The summed E-state index contributed by atoms with van der Waals surface area (Å²) in [7, 11) is 0. The Morgan fingerprint density at radius 3 is 2.54 bits per heavy atom. The molecule has 7 nitrogen and oxygen atoms in total. The van der Waals surface area contributed by atoms with Gasteiger partial charge in [0.1, 0.15) is 11.6 Å². The number of aromatic nitrogens is 1. The summed E-state index contributed by atoms with van der Waals surface area (Å²) in [5.74, 6) is -3.98. The molecule has 202 valence electrons. The lowest BCUT2D eigenvalue weighted by Gasteiger charge is -2.38. The van der Waals surface area contributed by atoms with Gasteiger partial charge in [0.15, 0.2) is 0 Å². The third kappa shape index (κ3) is 4.56. The Hall–Kier alpha value is -3.78. The van der Waals surface area contributed by atoms with Crippen LogP contribution in [0.1, 0.15) is 61.0 Å². The summed E-state index contributed by atoms with van der Waals surface area (Å²) < 4.78 is 15.8. The highest BCUT2D eigenvalue weighted by Gasteiger charge is 2.66. The van der Waals surface area contributed by atoms with Crippen LogP contribution in [0.3, 0.4) is 0 Å². The molecule has 1 aliphatic carbocycles. The number of carboxylic acids is 1. The zero-order valence-corrected chi connectivity index (χ0v) is 22.6. The number of halogens is 2. The van der Waals surface area contributed by atoms with Crippen LogP contribution in [0.4, 0.5) is 15.9 Å². The molecule has 9 heteroatoms. The average molecular weight is 550 g/mol. The SMILES string of the molecule is CC(C)(C)C[C@@H]1C[C@@H](C(=O)Nc2ccc(C(=O)O)cc2)[C@H](c2cccc(Cl)c2F)[C@]12C(=O)Nc1ncccc12. The lowest BCUT2D eigenvalue weighted by molar-refractivity contribution is -0.123. The average Bonchev–Trinajstić information content (AvgIpc) is 3.35. The third-order valence-corrected chi connectivity index (χ3v) is 8.14. The number of hydrogen-bond acceptors (Lipinski definition) is 4. The van der Waals surface area contributed by atoms with Gasteiger partial charge in [0.2, 0.25) is 11.8 Å². The van der Waals surface area contributed by atoms with Crippen LogP contribution in [-0.2, 0) is 15.0 Å². The molecule has 3 N–H and O–H groups in total. The van der Waals surface area contributed by atoms with Gasteiger partial charge in [0.25, 0.3) is 0 Å². The van der Waals surface area contributed by atoms with Crippen LogP contribution < -0.4 is 10.6 Å². The maximum Gasteiger partial charge on any atom is 0.335 e. The molecule has 4 atom stereocenters. The van der Waals surface area contributed by atoms with E-state index in [2.05, 4.69) is 36.4 Å². The summed E-state index contributed by atoms with van der Waals surface area (Å²) >= 11 is 6.23. The predicted molar refractivity (Wildman–Crippen MR) is 146 cm³/mol. The van der Waals surface area contributed by atoms with E-state index in [9.17, 15) is 19.5 Å². The van der Waals surface area contributed by atoms with Crippen molar-refractivity contribution in [3.8, 4) is 0 Å². The van der Waals surface area contributed by atoms with Gasteiger partial charge in [-0.3, -0.25) is 9.59 Å². The van der Waals surface area contributed by atoms with E-state index in [1.807, 2.05) is 6.07 Å². The molecule has 1 aromatic heterocycles. The molecule has 1 spiro atoms.